The number of nitrogens with zero attached hydrogens (tertiary/aromatic N) is 1. The number of ether oxygens (including phenoxy) is 1. The molecule has 6 nitrogen and oxygen atoms in total. The fourth-order valence-electron chi connectivity index (χ4n) is 9.90. The zero-order valence-corrected chi connectivity index (χ0v) is 36.6. The summed E-state index contributed by atoms with van der Waals surface area (Å²) in [6.07, 6.45) is 3.75. The minimum atomic E-state index is -3.67. The summed E-state index contributed by atoms with van der Waals surface area (Å²) < 4.78 is 42.9. The van der Waals surface area contributed by atoms with Crippen molar-refractivity contribution in [3.05, 3.63) is 60.7 Å². The second-order valence-electron chi connectivity index (χ2n) is 16.1. The molecule has 4 aliphatic rings. The number of hydrogen-bond donors (Lipinski definition) is 0. The van der Waals surface area contributed by atoms with Gasteiger partial charge in [0.05, 0.1) is 0 Å². The van der Waals surface area contributed by atoms with Crippen molar-refractivity contribution < 1.29 is 45.7 Å². The molecular weight excluding hydrogens is 823 g/mol. The summed E-state index contributed by atoms with van der Waals surface area (Å²) in [5.41, 5.74) is -0.391. The van der Waals surface area contributed by atoms with Gasteiger partial charge in [-0.05, 0) is 0 Å². The number of sulfonamides is 1. The van der Waals surface area contributed by atoms with Crippen molar-refractivity contribution in [2.75, 3.05) is 5.75 Å². The second-order valence-corrected chi connectivity index (χ2v) is 29.8. The zero-order chi connectivity index (χ0) is 33.3. The maximum atomic E-state index is 14.1. The predicted molar refractivity (Wildman–Crippen MR) is 183 cm³/mol. The average molecular weight is 873 g/mol. The average Bonchev–Trinajstić information content (AvgIpc) is 3.70. The molecular formula is C36H50ClHgNO5SSi. The molecule has 248 valence electrons. The molecule has 2 bridgehead atoms. The summed E-state index contributed by atoms with van der Waals surface area (Å²) in [6.45, 7) is 15.3. The molecule has 2 saturated carbocycles. The number of benzene rings is 2. The van der Waals surface area contributed by atoms with E-state index in [9.17, 15) is 13.2 Å². The van der Waals surface area contributed by atoms with Crippen LogP contribution in [0.15, 0.2) is 60.7 Å². The third kappa shape index (κ3) is 5.42. The van der Waals surface area contributed by atoms with Gasteiger partial charge in [-0.15, -0.1) is 0 Å². The first-order chi connectivity index (χ1) is 21.6. The quantitative estimate of drug-likeness (QED) is 0.269. The molecule has 2 saturated heterocycles. The molecule has 46 heavy (non-hydrogen) atoms. The van der Waals surface area contributed by atoms with Gasteiger partial charge in [0.1, 0.15) is 0 Å². The maximum absolute atomic E-state index is 14.1. The van der Waals surface area contributed by atoms with Gasteiger partial charge in [0.15, 0.2) is 0 Å². The molecule has 1 spiro atoms. The molecule has 4 fully saturated rings. The number of fused-ring (bicyclic) bond motifs is 1. The van der Waals surface area contributed by atoms with Gasteiger partial charge in [0.25, 0.3) is 0 Å². The Morgan fingerprint density at radius 1 is 1.00 bits per heavy atom. The molecule has 0 aromatic heterocycles. The SMILES string of the molecule is CC(O[Si](c1ccccc1)(c1ccccc1)C(C)(C)C)[CH]([Hg][Cl])C1CCC(C(C)C(=O)N2C3CC4CCC3(CS2(=O)=O)C4(C)C)O1. The summed E-state index contributed by atoms with van der Waals surface area (Å²) >= 11 is -1.97. The molecule has 2 heterocycles. The van der Waals surface area contributed by atoms with Crippen LogP contribution in [0.2, 0.25) is 8.46 Å². The monoisotopic (exact) mass is 873 g/mol. The van der Waals surface area contributed by atoms with Crippen LogP contribution in [0, 0.1) is 22.7 Å². The van der Waals surface area contributed by atoms with Crippen LogP contribution in [0.5, 0.6) is 0 Å². The molecule has 2 aliphatic carbocycles. The number of halogens is 1. The Morgan fingerprint density at radius 3 is 2.09 bits per heavy atom. The van der Waals surface area contributed by atoms with E-state index in [4.69, 9.17) is 17.4 Å². The van der Waals surface area contributed by atoms with E-state index in [2.05, 4.69) is 102 Å². The second kappa shape index (κ2) is 12.5. The minimum absolute atomic E-state index is 0.0693. The zero-order valence-electron chi connectivity index (χ0n) is 28.5. The third-order valence-corrected chi connectivity index (χ3v) is 28.9. The molecule has 10 heteroatoms. The predicted octanol–water partition coefficient (Wildman–Crippen LogP) is 6.53. The van der Waals surface area contributed by atoms with E-state index < -0.39 is 47.6 Å². The van der Waals surface area contributed by atoms with E-state index in [0.717, 1.165) is 32.1 Å². The van der Waals surface area contributed by atoms with Gasteiger partial charge in [-0.2, -0.15) is 0 Å². The number of hydrogen-bond acceptors (Lipinski definition) is 5. The van der Waals surface area contributed by atoms with E-state index >= 15 is 0 Å². The first-order valence-electron chi connectivity index (χ1n) is 17.2. The molecule has 6 rings (SSSR count). The summed E-state index contributed by atoms with van der Waals surface area (Å²) in [6, 6.07) is 21.1. The van der Waals surface area contributed by atoms with Crippen LogP contribution < -0.4 is 10.4 Å². The van der Waals surface area contributed by atoms with Crippen molar-refractivity contribution >= 4 is 42.9 Å². The Bertz CT molecular complexity index is 1500. The summed E-state index contributed by atoms with van der Waals surface area (Å²) in [5, 5.41) is 2.33. The van der Waals surface area contributed by atoms with Crippen LogP contribution in [0.3, 0.4) is 0 Å². The summed E-state index contributed by atoms with van der Waals surface area (Å²) in [5.74, 6) is -0.237. The Kier molecular flexibility index (Phi) is 9.55. The van der Waals surface area contributed by atoms with E-state index in [-0.39, 0.29) is 55.3 Å². The Labute approximate surface area is 293 Å². The van der Waals surface area contributed by atoms with Crippen LogP contribution in [0.4, 0.5) is 0 Å². The van der Waals surface area contributed by atoms with Crippen LogP contribution in [0.1, 0.15) is 80.6 Å². The molecule has 2 aromatic carbocycles. The van der Waals surface area contributed by atoms with Crippen LogP contribution in [-0.2, 0) is 47.3 Å². The molecule has 1 amide bonds. The van der Waals surface area contributed by atoms with Crippen LogP contribution in [-0.4, -0.2) is 57.1 Å². The molecule has 8 atom stereocenters. The summed E-state index contributed by atoms with van der Waals surface area (Å²) in [7, 11) is 0.516. The van der Waals surface area contributed by atoms with Crippen LogP contribution >= 0.6 is 8.25 Å². The first-order valence-corrected chi connectivity index (χ1v) is 30.6. The third-order valence-electron chi connectivity index (χ3n) is 12.7. The van der Waals surface area contributed by atoms with E-state index in [1.807, 2.05) is 6.92 Å². The van der Waals surface area contributed by atoms with Gasteiger partial charge in [0.2, 0.25) is 0 Å². The number of carbonyl (C=O) groups excluding carboxylic acids is 1. The number of rotatable bonds is 9. The van der Waals surface area contributed by atoms with Crippen molar-refractivity contribution in [2.24, 2.45) is 22.7 Å². The molecule has 0 radical (unpaired) electrons. The molecule has 8 unspecified atom stereocenters. The molecule has 0 N–H and O–H groups in total. The van der Waals surface area contributed by atoms with Gasteiger partial charge in [-0.3, -0.25) is 0 Å². The van der Waals surface area contributed by atoms with Crippen molar-refractivity contribution in [2.45, 2.75) is 113 Å². The normalized spacial score (nSPS) is 31.7. The van der Waals surface area contributed by atoms with E-state index in [1.54, 1.807) is 0 Å². The van der Waals surface area contributed by atoms with E-state index in [1.165, 1.54) is 14.7 Å². The fraction of sp³-hybridized carbons (Fsp3) is 0.639. The standard InChI is InChI=1S/C36H50NO5SSi.ClH.Hg/c1-25(42-44(34(3,4)5,29-14-10-8-11-15-29)30-16-12-9-13-17-30)22-28-18-19-31(41-28)26(2)33(38)37-32-23-27-20-21-36(32,35(27,6)7)24-43(37,39)40;;/h8-17,22,25-28,31-32H,18-21,23-24H2,1-7H3;1H;/q;;+1/p-1. The molecule has 2 aliphatic heterocycles. The van der Waals surface area contributed by atoms with E-state index in [0.29, 0.717) is 5.92 Å². The number of amides is 1. The Morgan fingerprint density at radius 2 is 1.57 bits per heavy atom. The first kappa shape index (κ1) is 35.1. The Balaban J connectivity index is 1.22. The van der Waals surface area contributed by atoms with Crippen molar-refractivity contribution in [1.82, 2.24) is 4.31 Å². The van der Waals surface area contributed by atoms with Gasteiger partial charge in [0, 0.05) is 0 Å². The topological polar surface area (TPSA) is 72.9 Å². The van der Waals surface area contributed by atoms with Gasteiger partial charge in [-0.25, -0.2) is 0 Å². The summed E-state index contributed by atoms with van der Waals surface area (Å²) in [4.78, 5) is 14.1. The van der Waals surface area contributed by atoms with Crippen molar-refractivity contribution in [1.29, 1.82) is 0 Å². The van der Waals surface area contributed by atoms with Crippen molar-refractivity contribution in [3.63, 3.8) is 0 Å². The fourth-order valence-corrected chi connectivity index (χ4v) is 25.4. The van der Waals surface area contributed by atoms with Gasteiger partial charge in [-0.1, -0.05) is 0 Å². The van der Waals surface area contributed by atoms with Crippen molar-refractivity contribution in [3.8, 4) is 0 Å². The van der Waals surface area contributed by atoms with Crippen LogP contribution in [0.25, 0.3) is 0 Å². The van der Waals surface area contributed by atoms with Gasteiger partial charge >= 0.3 is 295 Å². The molecule has 2 aromatic rings. The Hall–Kier alpha value is -0.778. The van der Waals surface area contributed by atoms with Gasteiger partial charge < -0.3 is 0 Å². The number of carbonyl (C=O) groups is 1.